The molecule has 1 atom stereocenters. The second-order valence-corrected chi connectivity index (χ2v) is 9.34. The Morgan fingerprint density at radius 2 is 1.58 bits per heavy atom. The number of hydrogen-bond acceptors (Lipinski definition) is 6. The summed E-state index contributed by atoms with van der Waals surface area (Å²) in [5.41, 5.74) is 2.16. The molecule has 2 aromatic rings. The Balaban J connectivity index is 1.68. The number of aryl methyl sites for hydroxylation is 1. The summed E-state index contributed by atoms with van der Waals surface area (Å²) in [6.07, 6.45) is 20.0. The topological polar surface area (TPSA) is 78.4 Å². The number of ether oxygens (including phenoxy) is 2. The predicted octanol–water partition coefficient (Wildman–Crippen LogP) is 7.41. The molecule has 0 aliphatic heterocycles. The van der Waals surface area contributed by atoms with Crippen molar-refractivity contribution in [2.75, 3.05) is 0 Å². The van der Waals surface area contributed by atoms with Crippen LogP contribution in [0.2, 0.25) is 0 Å². The molecule has 1 aromatic heterocycles. The number of hydrogen-bond donors (Lipinski definition) is 0. The van der Waals surface area contributed by atoms with Gasteiger partial charge in [-0.05, 0) is 51.0 Å². The van der Waals surface area contributed by atoms with Gasteiger partial charge in [0.2, 0.25) is 0 Å². The lowest BCUT2D eigenvalue weighted by Crippen LogP contribution is -2.11. The number of unbranched alkanes of at least 4 members (excludes halogenated alkanes) is 8. The second kappa shape index (κ2) is 17.4. The molecule has 0 spiro atoms. The second-order valence-electron chi connectivity index (χ2n) is 9.34. The first-order chi connectivity index (χ1) is 17.5. The molecule has 196 valence electrons. The van der Waals surface area contributed by atoms with Crippen LogP contribution in [0.1, 0.15) is 97.0 Å². The van der Waals surface area contributed by atoms with E-state index in [9.17, 15) is 9.59 Å². The van der Waals surface area contributed by atoms with Gasteiger partial charge in [-0.2, -0.15) is 0 Å². The van der Waals surface area contributed by atoms with Gasteiger partial charge in [0.15, 0.2) is 11.6 Å². The molecule has 1 unspecified atom stereocenters. The van der Waals surface area contributed by atoms with Crippen LogP contribution in [-0.2, 0) is 20.7 Å². The van der Waals surface area contributed by atoms with Crippen molar-refractivity contribution >= 4 is 11.9 Å². The van der Waals surface area contributed by atoms with Gasteiger partial charge in [0.1, 0.15) is 0 Å². The third kappa shape index (κ3) is 12.6. The van der Waals surface area contributed by atoms with Crippen molar-refractivity contribution < 1.29 is 19.1 Å². The predicted molar refractivity (Wildman–Crippen MR) is 144 cm³/mol. The van der Waals surface area contributed by atoms with Crippen LogP contribution in [0.3, 0.4) is 0 Å². The van der Waals surface area contributed by atoms with E-state index in [0.717, 1.165) is 44.1 Å². The Morgan fingerprint density at radius 3 is 2.25 bits per heavy atom. The number of rotatable bonds is 17. The first-order valence-corrected chi connectivity index (χ1v) is 13.4. The van der Waals surface area contributed by atoms with Gasteiger partial charge >= 0.3 is 11.9 Å². The van der Waals surface area contributed by atoms with Gasteiger partial charge in [-0.25, -0.2) is 14.8 Å². The Kier molecular flexibility index (Phi) is 14.1. The van der Waals surface area contributed by atoms with Crippen LogP contribution in [0, 0.1) is 0 Å². The molecule has 1 aromatic carbocycles. The Morgan fingerprint density at radius 1 is 0.917 bits per heavy atom. The van der Waals surface area contributed by atoms with Crippen LogP contribution in [0.5, 0.6) is 5.75 Å². The van der Waals surface area contributed by atoms with Crippen LogP contribution in [0.25, 0.3) is 11.4 Å². The largest absolute Gasteiger partial charge is 0.463 e. The highest BCUT2D eigenvalue weighted by atomic mass is 16.5. The van der Waals surface area contributed by atoms with E-state index in [1.165, 1.54) is 69.5 Å². The lowest BCUT2D eigenvalue weighted by molar-refractivity contribution is -0.145. The smallest absolute Gasteiger partial charge is 0.335 e. The van der Waals surface area contributed by atoms with E-state index in [0.29, 0.717) is 11.6 Å². The molecule has 0 saturated carbocycles. The number of esters is 2. The molecule has 0 aliphatic carbocycles. The van der Waals surface area contributed by atoms with Gasteiger partial charge in [0, 0.05) is 18.6 Å². The van der Waals surface area contributed by atoms with Crippen molar-refractivity contribution in [3.63, 3.8) is 0 Å². The number of benzene rings is 1. The van der Waals surface area contributed by atoms with E-state index in [-0.39, 0.29) is 12.1 Å². The maximum atomic E-state index is 12.0. The van der Waals surface area contributed by atoms with Gasteiger partial charge in [-0.3, -0.25) is 4.79 Å². The monoisotopic (exact) mass is 494 g/mol. The minimum Gasteiger partial charge on any atom is -0.463 e. The summed E-state index contributed by atoms with van der Waals surface area (Å²) in [5.74, 6) is 0.299. The third-order valence-corrected chi connectivity index (χ3v) is 5.98. The first kappa shape index (κ1) is 29.2. The lowest BCUT2D eigenvalue weighted by atomic mass is 10.0. The summed E-state index contributed by atoms with van der Waals surface area (Å²) in [6, 6.07) is 8.17. The molecule has 0 radical (unpaired) electrons. The maximum Gasteiger partial charge on any atom is 0.335 e. The number of carbonyl (C=O) groups is 2. The SMILES string of the molecule is CCCCCCCCCC=CC(=O)Oc1cnc(-c2ccc(CCCCC(C)OC(C)=O)cc2)nc1. The van der Waals surface area contributed by atoms with Crippen LogP contribution < -0.4 is 4.74 Å². The molecule has 0 bridgehead atoms. The van der Waals surface area contributed by atoms with E-state index < -0.39 is 5.97 Å². The molecular formula is C30H42N2O4. The average molecular weight is 495 g/mol. The molecule has 0 aliphatic rings. The van der Waals surface area contributed by atoms with Gasteiger partial charge in [-0.1, -0.05) is 75.8 Å². The molecule has 0 saturated heterocycles. The highest BCUT2D eigenvalue weighted by Gasteiger charge is 2.07. The number of allylic oxidation sites excluding steroid dienone is 1. The van der Waals surface area contributed by atoms with Crippen molar-refractivity contribution in [3.8, 4) is 17.1 Å². The number of nitrogens with zero attached hydrogens (tertiary/aromatic N) is 2. The lowest BCUT2D eigenvalue weighted by Gasteiger charge is -2.11. The molecule has 36 heavy (non-hydrogen) atoms. The summed E-state index contributed by atoms with van der Waals surface area (Å²) in [6.45, 7) is 5.60. The standard InChI is InChI=1S/C30H42N2O4/c1-4-5-6-7-8-9-10-11-12-17-29(34)36-28-22-31-30(32-23-28)27-20-18-26(19-21-27)16-14-13-15-24(2)35-25(3)33/h12,17-24H,4-11,13-16H2,1-3H3. The average Bonchev–Trinajstić information content (AvgIpc) is 2.86. The van der Waals surface area contributed by atoms with Crippen LogP contribution in [0.15, 0.2) is 48.8 Å². The minimum atomic E-state index is -0.402. The molecular weight excluding hydrogens is 452 g/mol. The maximum absolute atomic E-state index is 12.0. The van der Waals surface area contributed by atoms with Crippen molar-refractivity contribution in [1.82, 2.24) is 9.97 Å². The molecule has 1 heterocycles. The fraction of sp³-hybridized carbons (Fsp3) is 0.533. The molecule has 0 fully saturated rings. The third-order valence-electron chi connectivity index (χ3n) is 5.98. The summed E-state index contributed by atoms with van der Waals surface area (Å²) >= 11 is 0. The minimum absolute atomic E-state index is 0.0322. The fourth-order valence-corrected chi connectivity index (χ4v) is 3.99. The highest BCUT2D eigenvalue weighted by Crippen LogP contribution is 2.19. The Labute approximate surface area is 216 Å². The van der Waals surface area contributed by atoms with Crippen molar-refractivity contribution in [2.24, 2.45) is 0 Å². The Bertz CT molecular complexity index is 923. The van der Waals surface area contributed by atoms with Gasteiger partial charge in [-0.15, -0.1) is 0 Å². The van der Waals surface area contributed by atoms with Crippen molar-refractivity contribution in [1.29, 1.82) is 0 Å². The zero-order valence-corrected chi connectivity index (χ0v) is 22.2. The number of aromatic nitrogens is 2. The van der Waals surface area contributed by atoms with E-state index >= 15 is 0 Å². The van der Waals surface area contributed by atoms with E-state index in [2.05, 4.69) is 29.0 Å². The fourth-order valence-electron chi connectivity index (χ4n) is 3.99. The normalized spacial score (nSPS) is 12.0. The summed E-state index contributed by atoms with van der Waals surface area (Å²) < 4.78 is 10.5. The van der Waals surface area contributed by atoms with E-state index in [4.69, 9.17) is 9.47 Å². The molecule has 6 heteroatoms. The van der Waals surface area contributed by atoms with Crippen molar-refractivity contribution in [3.05, 3.63) is 54.4 Å². The first-order valence-electron chi connectivity index (χ1n) is 13.4. The van der Waals surface area contributed by atoms with Gasteiger partial charge < -0.3 is 9.47 Å². The molecule has 6 nitrogen and oxygen atoms in total. The number of carbonyl (C=O) groups excluding carboxylic acids is 2. The molecule has 2 rings (SSSR count). The zero-order valence-electron chi connectivity index (χ0n) is 22.2. The van der Waals surface area contributed by atoms with Crippen LogP contribution >= 0.6 is 0 Å². The van der Waals surface area contributed by atoms with Gasteiger partial charge in [0.25, 0.3) is 0 Å². The molecule has 0 N–H and O–H groups in total. The zero-order chi connectivity index (χ0) is 26.0. The summed E-state index contributed by atoms with van der Waals surface area (Å²) in [4.78, 5) is 31.7. The van der Waals surface area contributed by atoms with E-state index in [1.54, 1.807) is 0 Å². The Hall–Kier alpha value is -3.02. The van der Waals surface area contributed by atoms with Crippen LogP contribution in [0.4, 0.5) is 0 Å². The van der Waals surface area contributed by atoms with Crippen molar-refractivity contribution in [2.45, 2.75) is 104 Å². The van der Waals surface area contributed by atoms with Crippen LogP contribution in [-0.4, -0.2) is 28.0 Å². The van der Waals surface area contributed by atoms with E-state index in [1.807, 2.05) is 25.1 Å². The molecule has 0 amide bonds. The highest BCUT2D eigenvalue weighted by molar-refractivity contribution is 5.83. The summed E-state index contributed by atoms with van der Waals surface area (Å²) in [7, 11) is 0. The quantitative estimate of drug-likeness (QED) is 0.129. The summed E-state index contributed by atoms with van der Waals surface area (Å²) in [5, 5.41) is 0. The van der Waals surface area contributed by atoms with Gasteiger partial charge in [0.05, 0.1) is 18.5 Å².